The van der Waals surface area contributed by atoms with E-state index in [0.717, 1.165) is 36.9 Å². The number of benzene rings is 2. The number of fused-ring (bicyclic) bond motifs is 2. The lowest BCUT2D eigenvalue weighted by molar-refractivity contribution is -0.121. The molecule has 0 bridgehead atoms. The van der Waals surface area contributed by atoms with Gasteiger partial charge in [-0.05, 0) is 66.5 Å². The van der Waals surface area contributed by atoms with E-state index in [-0.39, 0.29) is 5.92 Å². The van der Waals surface area contributed by atoms with E-state index in [1.807, 2.05) is 24.3 Å². The Morgan fingerprint density at radius 3 is 2.68 bits per heavy atom. The summed E-state index contributed by atoms with van der Waals surface area (Å²) in [6, 6.07) is 18.8. The number of nitriles is 1. The molecule has 1 saturated carbocycles. The molecule has 3 heteroatoms. The van der Waals surface area contributed by atoms with Crippen LogP contribution < -0.4 is 4.90 Å². The van der Waals surface area contributed by atoms with Crippen LogP contribution in [0.2, 0.25) is 0 Å². The summed E-state index contributed by atoms with van der Waals surface area (Å²) in [4.78, 5) is 15.4. The van der Waals surface area contributed by atoms with Gasteiger partial charge in [-0.1, -0.05) is 30.7 Å². The summed E-state index contributed by atoms with van der Waals surface area (Å²) in [5.41, 5.74) is 4.37. The van der Waals surface area contributed by atoms with Gasteiger partial charge in [0.2, 0.25) is 5.91 Å². The number of anilines is 1. The summed E-state index contributed by atoms with van der Waals surface area (Å²) >= 11 is 0. The van der Waals surface area contributed by atoms with Crippen molar-refractivity contribution in [3.63, 3.8) is 0 Å². The van der Waals surface area contributed by atoms with E-state index in [9.17, 15) is 10.1 Å². The fraction of sp³-hybridized carbons (Fsp3) is 0.364. The molecule has 3 nitrogen and oxygen atoms in total. The minimum Gasteiger partial charge on any atom is -0.309 e. The largest absolute Gasteiger partial charge is 0.309 e. The number of para-hydroxylation sites is 1. The Labute approximate surface area is 147 Å². The molecule has 1 heterocycles. The highest BCUT2D eigenvalue weighted by Crippen LogP contribution is 2.54. The Balaban J connectivity index is 1.61. The highest BCUT2D eigenvalue weighted by molar-refractivity contribution is 5.99. The van der Waals surface area contributed by atoms with Crippen molar-refractivity contribution >= 4 is 11.6 Å². The van der Waals surface area contributed by atoms with Crippen molar-refractivity contribution in [3.05, 3.63) is 65.2 Å². The third kappa shape index (κ3) is 2.07. The maximum Gasteiger partial charge on any atom is 0.231 e. The standard InChI is InChI=1S/C22H20N2O/c23-13-14-9-10-15-12-19-21-17(18(15)11-14)7-4-8-20(21)24(22(19)25)16-5-2-1-3-6-16/h1-3,5-6,9-11,17,19-21H,4,7-8,12H2. The van der Waals surface area contributed by atoms with Gasteiger partial charge in [-0.2, -0.15) is 5.26 Å². The lowest BCUT2D eigenvalue weighted by atomic mass is 9.63. The van der Waals surface area contributed by atoms with E-state index in [2.05, 4.69) is 35.2 Å². The smallest absolute Gasteiger partial charge is 0.231 e. The van der Waals surface area contributed by atoms with Crippen molar-refractivity contribution in [2.45, 2.75) is 37.6 Å². The van der Waals surface area contributed by atoms with E-state index >= 15 is 0 Å². The predicted molar refractivity (Wildman–Crippen MR) is 96.1 cm³/mol. The second-order valence-corrected chi connectivity index (χ2v) is 7.56. The molecule has 5 rings (SSSR count). The summed E-state index contributed by atoms with van der Waals surface area (Å²) in [5, 5.41) is 9.27. The molecule has 25 heavy (non-hydrogen) atoms. The molecule has 1 saturated heterocycles. The highest BCUT2D eigenvalue weighted by Gasteiger charge is 2.55. The van der Waals surface area contributed by atoms with Gasteiger partial charge >= 0.3 is 0 Å². The fourth-order valence-corrected chi connectivity index (χ4v) is 5.48. The minimum absolute atomic E-state index is 0.0935. The molecule has 4 atom stereocenters. The Bertz CT molecular complexity index is 883. The van der Waals surface area contributed by atoms with Crippen molar-refractivity contribution in [1.82, 2.24) is 0 Å². The van der Waals surface area contributed by atoms with Crippen LogP contribution in [0.1, 0.15) is 41.9 Å². The Morgan fingerprint density at radius 1 is 1.04 bits per heavy atom. The molecule has 1 aliphatic heterocycles. The van der Waals surface area contributed by atoms with Crippen LogP contribution in [0.3, 0.4) is 0 Å². The predicted octanol–water partition coefficient (Wildman–Crippen LogP) is 4.03. The summed E-state index contributed by atoms with van der Waals surface area (Å²) in [6.07, 6.45) is 4.19. The summed E-state index contributed by atoms with van der Waals surface area (Å²) in [7, 11) is 0. The fourth-order valence-electron chi connectivity index (χ4n) is 5.48. The van der Waals surface area contributed by atoms with Crippen molar-refractivity contribution in [3.8, 4) is 6.07 Å². The first-order valence-corrected chi connectivity index (χ1v) is 9.19. The first-order chi connectivity index (χ1) is 12.3. The van der Waals surface area contributed by atoms with Gasteiger partial charge in [0.05, 0.1) is 11.6 Å². The molecule has 3 aliphatic rings. The second-order valence-electron chi connectivity index (χ2n) is 7.56. The maximum atomic E-state index is 13.3. The molecular formula is C22H20N2O. The van der Waals surface area contributed by atoms with Gasteiger partial charge in [0.1, 0.15) is 0 Å². The summed E-state index contributed by atoms with van der Waals surface area (Å²) in [6.45, 7) is 0. The minimum atomic E-state index is 0.0935. The van der Waals surface area contributed by atoms with E-state index < -0.39 is 0 Å². The average Bonchev–Trinajstić information content (AvgIpc) is 2.95. The van der Waals surface area contributed by atoms with Crippen LogP contribution in [0, 0.1) is 23.2 Å². The van der Waals surface area contributed by atoms with Crippen molar-refractivity contribution < 1.29 is 4.79 Å². The number of hydrogen-bond acceptors (Lipinski definition) is 2. The molecule has 0 radical (unpaired) electrons. The molecule has 0 N–H and O–H groups in total. The van der Waals surface area contributed by atoms with Gasteiger partial charge in [-0.15, -0.1) is 0 Å². The quantitative estimate of drug-likeness (QED) is 0.793. The van der Waals surface area contributed by atoms with Gasteiger partial charge < -0.3 is 4.90 Å². The third-order valence-corrected chi connectivity index (χ3v) is 6.42. The van der Waals surface area contributed by atoms with E-state index in [0.29, 0.717) is 23.8 Å². The van der Waals surface area contributed by atoms with Crippen LogP contribution in [0.25, 0.3) is 0 Å². The second kappa shape index (κ2) is 5.46. The SMILES string of the molecule is N#Cc1ccc2c(c1)C1CCCC3C1C(C2)C(=O)N3c1ccccc1. The topological polar surface area (TPSA) is 44.1 Å². The van der Waals surface area contributed by atoms with Gasteiger partial charge in [-0.3, -0.25) is 4.79 Å². The average molecular weight is 328 g/mol. The molecule has 4 unspecified atom stereocenters. The Hall–Kier alpha value is -2.60. The van der Waals surface area contributed by atoms with Crippen LogP contribution >= 0.6 is 0 Å². The number of rotatable bonds is 1. The maximum absolute atomic E-state index is 13.3. The lowest BCUT2D eigenvalue weighted by Gasteiger charge is -2.41. The molecule has 2 aromatic rings. The first-order valence-electron chi connectivity index (χ1n) is 9.19. The van der Waals surface area contributed by atoms with Gasteiger partial charge in [0.15, 0.2) is 0 Å². The third-order valence-electron chi connectivity index (χ3n) is 6.42. The number of carbonyl (C=O) groups is 1. The van der Waals surface area contributed by atoms with Crippen LogP contribution in [0.4, 0.5) is 5.69 Å². The summed E-state index contributed by atoms with van der Waals surface area (Å²) < 4.78 is 0. The first kappa shape index (κ1) is 14.7. The molecule has 2 aliphatic carbocycles. The normalized spacial score (nSPS) is 29.7. The van der Waals surface area contributed by atoms with Gasteiger partial charge in [0.25, 0.3) is 0 Å². The van der Waals surface area contributed by atoms with Crippen LogP contribution in [-0.4, -0.2) is 11.9 Å². The van der Waals surface area contributed by atoms with E-state index in [1.165, 1.54) is 11.1 Å². The van der Waals surface area contributed by atoms with Crippen molar-refractivity contribution in [2.75, 3.05) is 4.90 Å². The molecule has 1 amide bonds. The molecular weight excluding hydrogens is 308 g/mol. The Kier molecular flexibility index (Phi) is 3.21. The highest BCUT2D eigenvalue weighted by atomic mass is 16.2. The van der Waals surface area contributed by atoms with Crippen LogP contribution in [0.5, 0.6) is 0 Å². The van der Waals surface area contributed by atoms with Gasteiger partial charge in [0, 0.05) is 17.6 Å². The molecule has 0 aromatic heterocycles. The van der Waals surface area contributed by atoms with E-state index in [4.69, 9.17) is 0 Å². The number of hydrogen-bond donors (Lipinski definition) is 0. The number of amides is 1. The zero-order valence-corrected chi connectivity index (χ0v) is 14.1. The molecule has 124 valence electrons. The zero-order valence-electron chi connectivity index (χ0n) is 14.1. The van der Waals surface area contributed by atoms with Crippen LogP contribution in [-0.2, 0) is 11.2 Å². The van der Waals surface area contributed by atoms with Gasteiger partial charge in [-0.25, -0.2) is 0 Å². The number of nitrogens with zero attached hydrogens (tertiary/aromatic N) is 2. The van der Waals surface area contributed by atoms with Crippen LogP contribution in [0.15, 0.2) is 48.5 Å². The molecule has 2 aromatic carbocycles. The van der Waals surface area contributed by atoms with Crippen molar-refractivity contribution in [2.24, 2.45) is 11.8 Å². The summed E-state index contributed by atoms with van der Waals surface area (Å²) in [5.74, 6) is 1.19. The van der Waals surface area contributed by atoms with E-state index in [1.54, 1.807) is 0 Å². The molecule has 0 spiro atoms. The zero-order chi connectivity index (χ0) is 17.0. The van der Waals surface area contributed by atoms with Crippen molar-refractivity contribution in [1.29, 1.82) is 5.26 Å². The molecule has 2 fully saturated rings. The monoisotopic (exact) mass is 328 g/mol. The number of carbonyl (C=O) groups excluding carboxylic acids is 1. The lowest BCUT2D eigenvalue weighted by Crippen LogP contribution is -2.40. The Morgan fingerprint density at radius 2 is 1.88 bits per heavy atom.